The molecule has 6 rings (SSSR count). The van der Waals surface area contributed by atoms with E-state index in [0.717, 1.165) is 23.3 Å². The van der Waals surface area contributed by atoms with Crippen LogP contribution < -0.4 is 27.8 Å². The van der Waals surface area contributed by atoms with Crippen molar-refractivity contribution in [3.63, 3.8) is 0 Å². The summed E-state index contributed by atoms with van der Waals surface area (Å²) >= 11 is 0. The highest BCUT2D eigenvalue weighted by Crippen LogP contribution is 2.50. The number of nitrogens with one attached hydrogen (secondary N) is 3. The number of rotatable bonds is 10. The maximum atomic E-state index is 13.3. The number of carboxylic acid groups (broad SMARTS) is 2. The summed E-state index contributed by atoms with van der Waals surface area (Å²) in [6.45, 7) is 2.01. The predicted octanol–water partition coefficient (Wildman–Crippen LogP) is 5.35. The zero-order valence-corrected chi connectivity index (χ0v) is 28.3. The van der Waals surface area contributed by atoms with Crippen molar-refractivity contribution in [2.45, 2.75) is 24.8 Å². The number of amides is 3. The lowest BCUT2D eigenvalue weighted by Crippen LogP contribution is -2.36. The lowest BCUT2D eigenvalue weighted by atomic mass is 9.67. The van der Waals surface area contributed by atoms with Gasteiger partial charge < -0.3 is 38.0 Å². The number of amidine groups is 1. The summed E-state index contributed by atoms with van der Waals surface area (Å²) in [5, 5.41) is 34.4. The molecule has 0 fully saturated rings. The summed E-state index contributed by atoms with van der Waals surface area (Å²) in [4.78, 5) is 63.0. The minimum absolute atomic E-state index is 0.0101. The zero-order valence-electron chi connectivity index (χ0n) is 28.3. The van der Waals surface area contributed by atoms with E-state index in [-0.39, 0.29) is 56.9 Å². The van der Waals surface area contributed by atoms with Crippen LogP contribution in [0.1, 0.15) is 93.4 Å². The van der Waals surface area contributed by atoms with Gasteiger partial charge in [0.05, 0.1) is 17.2 Å². The van der Waals surface area contributed by atoms with E-state index in [2.05, 4.69) is 10.6 Å². The summed E-state index contributed by atoms with van der Waals surface area (Å²) in [5.74, 6) is -5.27. The Morgan fingerprint density at radius 1 is 0.755 bits per heavy atom. The van der Waals surface area contributed by atoms with Crippen LogP contribution in [0, 0.1) is 5.41 Å². The molecule has 13 nitrogen and oxygen atoms in total. The standard InChI is InChI=1S/C40H34N6O7/c1-40(25-7-3-2-4-8-25)19-31(46-30-13-10-21(34(41)42)18-29(30)40)32-28(36(44)48)12-11-27(33(32)39(52)53)20-6-5-9-26(17-20)45-37(49)23-14-22(35(43)47)15-24(16-23)38(50)51/h2-18,31,46H,19H2,1H3,(H3,41,42)(H2,43,47)(H2,44,48)(H,45,49)(H,50,51)(H,52,53). The number of nitrogen functional groups attached to an aromatic ring is 1. The third-order valence-corrected chi connectivity index (χ3v) is 9.51. The fourth-order valence-corrected chi connectivity index (χ4v) is 6.96. The van der Waals surface area contributed by atoms with Crippen molar-refractivity contribution in [1.82, 2.24) is 0 Å². The van der Waals surface area contributed by atoms with E-state index < -0.39 is 41.1 Å². The third kappa shape index (κ3) is 6.78. The zero-order chi connectivity index (χ0) is 38.2. The molecule has 0 bridgehead atoms. The number of primary amides is 2. The first-order valence-corrected chi connectivity index (χ1v) is 16.3. The molecule has 0 saturated carbocycles. The van der Waals surface area contributed by atoms with Gasteiger partial charge in [-0.2, -0.15) is 0 Å². The highest BCUT2D eigenvalue weighted by atomic mass is 16.4. The molecule has 0 saturated heterocycles. The van der Waals surface area contributed by atoms with Crippen molar-refractivity contribution < 1.29 is 34.2 Å². The van der Waals surface area contributed by atoms with Crippen molar-refractivity contribution >= 4 is 46.9 Å². The first-order chi connectivity index (χ1) is 25.2. The van der Waals surface area contributed by atoms with Crippen molar-refractivity contribution in [1.29, 1.82) is 5.41 Å². The minimum atomic E-state index is -1.36. The summed E-state index contributed by atoms with van der Waals surface area (Å²) in [7, 11) is 0. The molecule has 5 aromatic rings. The van der Waals surface area contributed by atoms with Gasteiger partial charge in [-0.3, -0.25) is 19.8 Å². The van der Waals surface area contributed by atoms with Crippen molar-refractivity contribution in [3.05, 3.63) is 153 Å². The Morgan fingerprint density at radius 2 is 1.45 bits per heavy atom. The van der Waals surface area contributed by atoms with Crippen molar-refractivity contribution in [2.24, 2.45) is 17.2 Å². The van der Waals surface area contributed by atoms with Crippen LogP contribution >= 0.6 is 0 Å². The average molecular weight is 711 g/mol. The second-order valence-electron chi connectivity index (χ2n) is 12.9. The van der Waals surface area contributed by atoms with Gasteiger partial charge in [-0.05, 0) is 83.3 Å². The third-order valence-electron chi connectivity index (χ3n) is 9.51. The van der Waals surface area contributed by atoms with Gasteiger partial charge >= 0.3 is 11.9 Å². The molecular formula is C40H34N6O7. The molecule has 0 spiro atoms. The van der Waals surface area contributed by atoms with E-state index in [1.54, 1.807) is 30.3 Å². The fraction of sp³-hybridized carbons (Fsp3) is 0.100. The monoisotopic (exact) mass is 710 g/mol. The molecule has 2 atom stereocenters. The molecule has 5 aromatic carbocycles. The molecule has 1 aliphatic heterocycles. The van der Waals surface area contributed by atoms with Crippen LogP contribution in [0.25, 0.3) is 11.1 Å². The number of carbonyl (C=O) groups is 5. The van der Waals surface area contributed by atoms with Crippen LogP contribution in [0.3, 0.4) is 0 Å². The highest BCUT2D eigenvalue weighted by molar-refractivity contribution is 6.09. The van der Waals surface area contributed by atoms with E-state index in [1.165, 1.54) is 24.3 Å². The first-order valence-electron chi connectivity index (χ1n) is 16.3. The number of hydrogen-bond acceptors (Lipinski definition) is 7. The maximum Gasteiger partial charge on any atom is 0.336 e. The lowest BCUT2D eigenvalue weighted by molar-refractivity contribution is 0.0685. The molecule has 0 radical (unpaired) electrons. The van der Waals surface area contributed by atoms with Gasteiger partial charge in [0.1, 0.15) is 5.84 Å². The topological polar surface area (TPSA) is 252 Å². The number of fused-ring (bicyclic) bond motifs is 1. The Labute approximate surface area is 303 Å². The molecular weight excluding hydrogens is 676 g/mol. The SMILES string of the molecule is CC1(c2ccccc2)CC(c2c(C(N)=O)ccc(-c3cccc(NC(=O)c4cc(C(N)=O)cc(C(=O)O)c4)c3)c2C(=O)O)Nc2ccc(C(=N)N)cc21. The average Bonchev–Trinajstić information content (AvgIpc) is 3.14. The quantitative estimate of drug-likeness (QED) is 0.0686. The molecule has 2 unspecified atom stereocenters. The molecule has 1 heterocycles. The van der Waals surface area contributed by atoms with Crippen molar-refractivity contribution in [2.75, 3.05) is 10.6 Å². The Bertz CT molecular complexity index is 2340. The molecule has 13 heteroatoms. The largest absolute Gasteiger partial charge is 0.478 e. The summed E-state index contributed by atoms with van der Waals surface area (Å²) in [5.41, 5.74) is 19.5. The molecule has 53 heavy (non-hydrogen) atoms. The van der Waals surface area contributed by atoms with Gasteiger partial charge in [0.15, 0.2) is 0 Å². The van der Waals surface area contributed by atoms with Gasteiger partial charge in [-0.15, -0.1) is 0 Å². The molecule has 3 amide bonds. The Hall–Kier alpha value is -7.28. The first kappa shape index (κ1) is 35.5. The van der Waals surface area contributed by atoms with E-state index in [0.29, 0.717) is 16.8 Å². The van der Waals surface area contributed by atoms with Crippen LogP contribution in [0.2, 0.25) is 0 Å². The van der Waals surface area contributed by atoms with Gasteiger partial charge in [-0.25, -0.2) is 9.59 Å². The minimum Gasteiger partial charge on any atom is -0.478 e. The second kappa shape index (κ2) is 13.8. The van der Waals surface area contributed by atoms with Gasteiger partial charge in [0, 0.05) is 44.6 Å². The Balaban J connectivity index is 1.46. The number of hydrogen-bond donors (Lipinski definition) is 8. The van der Waals surface area contributed by atoms with E-state index in [4.69, 9.17) is 22.6 Å². The van der Waals surface area contributed by atoms with E-state index in [9.17, 15) is 34.2 Å². The summed E-state index contributed by atoms with van der Waals surface area (Å²) in [6.07, 6.45) is 0.286. The van der Waals surface area contributed by atoms with Crippen LogP contribution in [0.4, 0.5) is 11.4 Å². The van der Waals surface area contributed by atoms with E-state index >= 15 is 0 Å². The van der Waals surface area contributed by atoms with Crippen LogP contribution in [-0.2, 0) is 5.41 Å². The smallest absolute Gasteiger partial charge is 0.336 e. The highest BCUT2D eigenvalue weighted by Gasteiger charge is 2.41. The molecule has 1 aliphatic rings. The maximum absolute atomic E-state index is 13.3. The number of nitrogens with two attached hydrogens (primary N) is 3. The summed E-state index contributed by atoms with van der Waals surface area (Å²) < 4.78 is 0. The van der Waals surface area contributed by atoms with Crippen molar-refractivity contribution in [3.8, 4) is 11.1 Å². The normalized spacial score (nSPS) is 16.1. The molecule has 11 N–H and O–H groups in total. The van der Waals surface area contributed by atoms with Gasteiger partial charge in [0.25, 0.3) is 5.91 Å². The second-order valence-corrected chi connectivity index (χ2v) is 12.9. The number of carboxylic acids is 2. The summed E-state index contributed by atoms with van der Waals surface area (Å²) in [6, 6.07) is 26.8. The van der Waals surface area contributed by atoms with Crippen LogP contribution in [0.15, 0.2) is 103 Å². The predicted molar refractivity (Wildman–Crippen MR) is 199 cm³/mol. The lowest BCUT2D eigenvalue weighted by Gasteiger charge is -2.42. The molecule has 266 valence electrons. The van der Waals surface area contributed by atoms with Gasteiger partial charge in [-0.1, -0.05) is 55.5 Å². The number of anilines is 2. The van der Waals surface area contributed by atoms with Crippen LogP contribution in [0.5, 0.6) is 0 Å². The molecule has 0 aliphatic carbocycles. The number of benzene rings is 5. The van der Waals surface area contributed by atoms with E-state index in [1.807, 2.05) is 43.3 Å². The molecule has 0 aromatic heterocycles. The Morgan fingerprint density at radius 3 is 2.09 bits per heavy atom. The number of carbonyl (C=O) groups excluding carboxylic acids is 3. The van der Waals surface area contributed by atoms with Gasteiger partial charge in [0.2, 0.25) is 11.8 Å². The number of aromatic carboxylic acids is 2. The Kier molecular flexibility index (Phi) is 9.25. The van der Waals surface area contributed by atoms with Crippen LogP contribution in [-0.4, -0.2) is 45.7 Å². The fourth-order valence-electron chi connectivity index (χ4n) is 6.96.